The van der Waals surface area contributed by atoms with Gasteiger partial charge in [-0.05, 0) is 23.3 Å². The number of nitrogens with zero attached hydrogens (tertiary/aromatic N) is 1. The van der Waals surface area contributed by atoms with Gasteiger partial charge in [0.25, 0.3) is 0 Å². The van der Waals surface area contributed by atoms with E-state index in [1.807, 2.05) is 36.4 Å². The highest BCUT2D eigenvalue weighted by atomic mass is 16.5. The minimum atomic E-state index is 0.0392. The normalized spacial score (nSPS) is 16.9. The molecule has 4 nitrogen and oxygen atoms in total. The minimum Gasteiger partial charge on any atom is -0.489 e. The average molecular weight is 312 g/mol. The van der Waals surface area contributed by atoms with Gasteiger partial charge < -0.3 is 15.2 Å². The van der Waals surface area contributed by atoms with Crippen LogP contribution < -0.4 is 10.1 Å². The lowest BCUT2D eigenvalue weighted by molar-refractivity contribution is 0.110. The SMILES string of the molecule is OC[C@@H](c1cccc(OCc2ccccc2)c1)N1CCNCC1. The standard InChI is InChI=1S/C19H24N2O2/c22-14-19(21-11-9-20-10-12-21)17-7-4-8-18(13-17)23-15-16-5-2-1-3-6-16/h1-8,13,19-20,22H,9-12,14-15H2/t19-/m0/s1. The van der Waals surface area contributed by atoms with E-state index in [4.69, 9.17) is 4.74 Å². The van der Waals surface area contributed by atoms with Crippen LogP contribution >= 0.6 is 0 Å². The van der Waals surface area contributed by atoms with E-state index in [-0.39, 0.29) is 12.6 Å². The molecular formula is C19H24N2O2. The number of nitrogens with one attached hydrogen (secondary N) is 1. The molecule has 0 aliphatic carbocycles. The second kappa shape index (κ2) is 8.11. The molecule has 0 radical (unpaired) electrons. The maximum atomic E-state index is 9.83. The molecule has 122 valence electrons. The van der Waals surface area contributed by atoms with Crippen LogP contribution in [0.4, 0.5) is 0 Å². The first-order chi connectivity index (χ1) is 11.4. The fourth-order valence-electron chi connectivity index (χ4n) is 2.98. The Kier molecular flexibility index (Phi) is 5.64. The summed E-state index contributed by atoms with van der Waals surface area (Å²) < 4.78 is 5.90. The van der Waals surface area contributed by atoms with Crippen LogP contribution in [0.15, 0.2) is 54.6 Å². The molecule has 0 amide bonds. The largest absolute Gasteiger partial charge is 0.489 e. The van der Waals surface area contributed by atoms with Crippen LogP contribution in [0, 0.1) is 0 Å². The van der Waals surface area contributed by atoms with Gasteiger partial charge in [0.2, 0.25) is 0 Å². The molecule has 4 heteroatoms. The van der Waals surface area contributed by atoms with Crippen molar-refractivity contribution >= 4 is 0 Å². The Morgan fingerprint density at radius 1 is 1.04 bits per heavy atom. The summed E-state index contributed by atoms with van der Waals surface area (Å²) in [6, 6.07) is 18.3. The van der Waals surface area contributed by atoms with Crippen LogP contribution in [0.5, 0.6) is 5.75 Å². The van der Waals surface area contributed by atoms with Gasteiger partial charge in [-0.2, -0.15) is 0 Å². The van der Waals surface area contributed by atoms with Gasteiger partial charge in [-0.3, -0.25) is 4.90 Å². The number of rotatable bonds is 6. The third-order valence-corrected chi connectivity index (χ3v) is 4.26. The van der Waals surface area contributed by atoms with E-state index in [1.54, 1.807) is 0 Å². The van der Waals surface area contributed by atoms with Crippen LogP contribution in [0.2, 0.25) is 0 Å². The Morgan fingerprint density at radius 3 is 2.57 bits per heavy atom. The van der Waals surface area contributed by atoms with Crippen LogP contribution in [0.3, 0.4) is 0 Å². The predicted octanol–water partition coefficient (Wildman–Crippen LogP) is 2.20. The number of ether oxygens (including phenoxy) is 1. The molecule has 0 saturated carbocycles. The Balaban J connectivity index is 1.68. The van der Waals surface area contributed by atoms with Crippen molar-refractivity contribution in [3.05, 3.63) is 65.7 Å². The molecular weight excluding hydrogens is 288 g/mol. The highest BCUT2D eigenvalue weighted by molar-refractivity contribution is 5.31. The molecule has 0 aromatic heterocycles. The van der Waals surface area contributed by atoms with Crippen LogP contribution in [-0.4, -0.2) is 42.8 Å². The first kappa shape index (κ1) is 16.0. The van der Waals surface area contributed by atoms with Crippen molar-refractivity contribution in [2.75, 3.05) is 32.8 Å². The smallest absolute Gasteiger partial charge is 0.120 e. The van der Waals surface area contributed by atoms with E-state index >= 15 is 0 Å². The fraction of sp³-hybridized carbons (Fsp3) is 0.368. The Bertz CT molecular complexity index is 597. The molecule has 2 aromatic carbocycles. The van der Waals surface area contributed by atoms with E-state index in [0.717, 1.165) is 43.1 Å². The molecule has 1 aliphatic heterocycles. The molecule has 1 heterocycles. The molecule has 1 fully saturated rings. The van der Waals surface area contributed by atoms with Crippen molar-refractivity contribution in [1.82, 2.24) is 10.2 Å². The molecule has 0 bridgehead atoms. The first-order valence-electron chi connectivity index (χ1n) is 8.19. The predicted molar refractivity (Wildman–Crippen MR) is 91.5 cm³/mol. The summed E-state index contributed by atoms with van der Waals surface area (Å²) in [5.41, 5.74) is 2.26. The lowest BCUT2D eigenvalue weighted by Crippen LogP contribution is -2.46. The summed E-state index contributed by atoms with van der Waals surface area (Å²) in [6.07, 6.45) is 0. The van der Waals surface area contributed by atoms with Gasteiger partial charge in [0.15, 0.2) is 0 Å². The molecule has 3 rings (SSSR count). The first-order valence-corrected chi connectivity index (χ1v) is 8.19. The number of aliphatic hydroxyl groups excluding tert-OH is 1. The van der Waals surface area contributed by atoms with Gasteiger partial charge >= 0.3 is 0 Å². The van der Waals surface area contributed by atoms with Crippen LogP contribution in [0.1, 0.15) is 17.2 Å². The van der Waals surface area contributed by atoms with E-state index < -0.39 is 0 Å². The maximum absolute atomic E-state index is 9.83. The van der Waals surface area contributed by atoms with Crippen molar-refractivity contribution in [2.45, 2.75) is 12.6 Å². The zero-order valence-electron chi connectivity index (χ0n) is 13.3. The number of benzene rings is 2. The van der Waals surface area contributed by atoms with Crippen LogP contribution in [-0.2, 0) is 6.61 Å². The second-order valence-electron chi connectivity index (χ2n) is 5.83. The zero-order valence-corrected chi connectivity index (χ0v) is 13.3. The van der Waals surface area contributed by atoms with E-state index in [0.29, 0.717) is 6.61 Å². The highest BCUT2D eigenvalue weighted by Crippen LogP contribution is 2.25. The fourth-order valence-corrected chi connectivity index (χ4v) is 2.98. The number of piperazine rings is 1. The van der Waals surface area contributed by atoms with Gasteiger partial charge in [0.05, 0.1) is 12.6 Å². The maximum Gasteiger partial charge on any atom is 0.120 e. The van der Waals surface area contributed by atoms with Gasteiger partial charge in [0, 0.05) is 26.2 Å². The molecule has 2 aromatic rings. The van der Waals surface area contributed by atoms with E-state index in [1.165, 1.54) is 0 Å². The molecule has 0 spiro atoms. The topological polar surface area (TPSA) is 44.7 Å². The molecule has 1 aliphatic rings. The van der Waals surface area contributed by atoms with Gasteiger partial charge in [-0.1, -0.05) is 42.5 Å². The van der Waals surface area contributed by atoms with Crippen molar-refractivity contribution in [3.8, 4) is 5.75 Å². The number of hydrogen-bond donors (Lipinski definition) is 2. The lowest BCUT2D eigenvalue weighted by Gasteiger charge is -2.34. The Morgan fingerprint density at radius 2 is 1.83 bits per heavy atom. The molecule has 2 N–H and O–H groups in total. The zero-order chi connectivity index (χ0) is 15.9. The second-order valence-corrected chi connectivity index (χ2v) is 5.83. The van der Waals surface area contributed by atoms with E-state index in [2.05, 4.69) is 28.4 Å². The monoisotopic (exact) mass is 312 g/mol. The minimum absolute atomic E-state index is 0.0392. The molecule has 1 saturated heterocycles. The van der Waals surface area contributed by atoms with Crippen molar-refractivity contribution < 1.29 is 9.84 Å². The van der Waals surface area contributed by atoms with Crippen molar-refractivity contribution in [3.63, 3.8) is 0 Å². The Hall–Kier alpha value is -1.88. The third kappa shape index (κ3) is 4.32. The summed E-state index contributed by atoms with van der Waals surface area (Å²) in [4.78, 5) is 2.33. The lowest BCUT2D eigenvalue weighted by atomic mass is 10.0. The van der Waals surface area contributed by atoms with Gasteiger partial charge in [-0.15, -0.1) is 0 Å². The van der Waals surface area contributed by atoms with Crippen molar-refractivity contribution in [1.29, 1.82) is 0 Å². The summed E-state index contributed by atoms with van der Waals surface area (Å²) in [5, 5.41) is 13.2. The molecule has 1 atom stereocenters. The summed E-state index contributed by atoms with van der Waals surface area (Å²) in [7, 11) is 0. The summed E-state index contributed by atoms with van der Waals surface area (Å²) in [5.74, 6) is 0.847. The van der Waals surface area contributed by atoms with Crippen LogP contribution in [0.25, 0.3) is 0 Å². The molecule has 23 heavy (non-hydrogen) atoms. The third-order valence-electron chi connectivity index (χ3n) is 4.26. The van der Waals surface area contributed by atoms with Gasteiger partial charge in [-0.25, -0.2) is 0 Å². The number of aliphatic hydroxyl groups is 1. The van der Waals surface area contributed by atoms with E-state index in [9.17, 15) is 5.11 Å². The van der Waals surface area contributed by atoms with Gasteiger partial charge in [0.1, 0.15) is 12.4 Å². The average Bonchev–Trinajstić information content (AvgIpc) is 2.63. The molecule has 0 unspecified atom stereocenters. The summed E-state index contributed by atoms with van der Waals surface area (Å²) in [6.45, 7) is 4.55. The number of hydrogen-bond acceptors (Lipinski definition) is 4. The van der Waals surface area contributed by atoms with Crippen molar-refractivity contribution in [2.24, 2.45) is 0 Å². The Labute approximate surface area is 137 Å². The quantitative estimate of drug-likeness (QED) is 0.858. The summed E-state index contributed by atoms with van der Waals surface area (Å²) >= 11 is 0. The highest BCUT2D eigenvalue weighted by Gasteiger charge is 2.21.